The summed E-state index contributed by atoms with van der Waals surface area (Å²) in [6.45, 7) is 2.64. The largest absolute Gasteiger partial charge is 0.380 e. The van der Waals surface area contributed by atoms with Crippen LogP contribution < -0.4 is 5.56 Å². The number of benzene rings is 1. The van der Waals surface area contributed by atoms with Crippen LogP contribution in [0.1, 0.15) is 36.0 Å². The third kappa shape index (κ3) is 2.47. The molecule has 5 nitrogen and oxygen atoms in total. The Labute approximate surface area is 151 Å². The molecule has 132 valence electrons. The van der Waals surface area contributed by atoms with E-state index in [4.69, 9.17) is 9.72 Å². The molecule has 0 unspecified atom stereocenters. The number of nitrogens with zero attached hydrogens (tertiary/aromatic N) is 2. The molecule has 0 radical (unpaired) electrons. The fourth-order valence-corrected chi connectivity index (χ4v) is 3.74. The van der Waals surface area contributed by atoms with Crippen molar-refractivity contribution in [2.75, 3.05) is 7.11 Å². The van der Waals surface area contributed by atoms with E-state index in [0.29, 0.717) is 18.5 Å². The molecule has 26 heavy (non-hydrogen) atoms. The van der Waals surface area contributed by atoms with Crippen molar-refractivity contribution in [1.29, 1.82) is 0 Å². The molecule has 1 atom stereocenters. The standard InChI is InChI=1S/C21H20N2O3/c1-3-13(11-24)16-9-19-20-15(8-14-6-4-5-7-18(14)22-20)10-23(19)21(25)17(16)12-26-2/h4-9,11,13H,3,10,12H2,1-2H3/t13-/m0/s1. The van der Waals surface area contributed by atoms with E-state index in [1.807, 2.05) is 37.3 Å². The molecule has 0 bridgehead atoms. The molecular weight excluding hydrogens is 328 g/mol. The van der Waals surface area contributed by atoms with Gasteiger partial charge in [-0.25, -0.2) is 4.98 Å². The van der Waals surface area contributed by atoms with Crippen molar-refractivity contribution in [2.24, 2.45) is 0 Å². The minimum Gasteiger partial charge on any atom is -0.380 e. The van der Waals surface area contributed by atoms with Gasteiger partial charge in [-0.3, -0.25) is 4.79 Å². The van der Waals surface area contributed by atoms with Gasteiger partial charge < -0.3 is 14.1 Å². The molecule has 0 saturated carbocycles. The minimum absolute atomic E-state index is 0.0956. The molecule has 3 aromatic rings. The summed E-state index contributed by atoms with van der Waals surface area (Å²) in [5.74, 6) is -0.316. The highest BCUT2D eigenvalue weighted by Gasteiger charge is 2.27. The zero-order valence-electron chi connectivity index (χ0n) is 14.9. The van der Waals surface area contributed by atoms with Crippen LogP contribution in [0, 0.1) is 0 Å². The number of para-hydroxylation sites is 1. The fraction of sp³-hybridized carbons (Fsp3) is 0.286. The van der Waals surface area contributed by atoms with Crippen LogP contribution in [0.2, 0.25) is 0 Å². The Morgan fingerprint density at radius 1 is 1.31 bits per heavy atom. The molecule has 1 aliphatic rings. The Morgan fingerprint density at radius 2 is 2.12 bits per heavy atom. The van der Waals surface area contributed by atoms with Gasteiger partial charge in [0.15, 0.2) is 0 Å². The Balaban J connectivity index is 1.98. The lowest BCUT2D eigenvalue weighted by molar-refractivity contribution is -0.109. The topological polar surface area (TPSA) is 61.2 Å². The van der Waals surface area contributed by atoms with Crippen LogP contribution >= 0.6 is 0 Å². The van der Waals surface area contributed by atoms with Crippen LogP contribution in [-0.2, 0) is 22.7 Å². The van der Waals surface area contributed by atoms with Crippen molar-refractivity contribution in [3.8, 4) is 11.4 Å². The highest BCUT2D eigenvalue weighted by atomic mass is 16.5. The SMILES string of the molecule is CC[C@@H](C=O)c1cc2n(c(=O)c1COC)Cc1cc3ccccc3nc1-2. The van der Waals surface area contributed by atoms with E-state index in [1.54, 1.807) is 11.7 Å². The highest BCUT2D eigenvalue weighted by molar-refractivity contribution is 5.84. The molecule has 0 amide bonds. The number of aromatic nitrogens is 2. The molecular formula is C21H20N2O3. The maximum Gasteiger partial charge on any atom is 0.257 e. The van der Waals surface area contributed by atoms with E-state index in [1.165, 1.54) is 0 Å². The number of carbonyl (C=O) groups is 1. The van der Waals surface area contributed by atoms with Gasteiger partial charge in [0.05, 0.1) is 30.1 Å². The van der Waals surface area contributed by atoms with Crippen molar-refractivity contribution in [1.82, 2.24) is 9.55 Å². The van der Waals surface area contributed by atoms with Gasteiger partial charge in [-0.05, 0) is 30.2 Å². The second kappa shape index (κ2) is 6.50. The first kappa shape index (κ1) is 16.7. The van der Waals surface area contributed by atoms with E-state index in [0.717, 1.165) is 39.7 Å². The number of methoxy groups -OCH3 is 1. The Morgan fingerprint density at radius 3 is 2.85 bits per heavy atom. The highest BCUT2D eigenvalue weighted by Crippen LogP contribution is 2.34. The summed E-state index contributed by atoms with van der Waals surface area (Å²) in [4.78, 5) is 29.5. The number of pyridine rings is 2. The molecule has 0 aliphatic carbocycles. The van der Waals surface area contributed by atoms with E-state index in [-0.39, 0.29) is 18.1 Å². The van der Waals surface area contributed by atoms with Gasteiger partial charge in [0.2, 0.25) is 0 Å². The molecule has 0 spiro atoms. The summed E-state index contributed by atoms with van der Waals surface area (Å²) in [5, 5.41) is 1.06. The number of fused-ring (bicyclic) bond motifs is 4. The smallest absolute Gasteiger partial charge is 0.257 e. The van der Waals surface area contributed by atoms with Crippen LogP contribution in [0.25, 0.3) is 22.3 Å². The fourth-order valence-electron chi connectivity index (χ4n) is 3.74. The maximum atomic E-state index is 13.1. The monoisotopic (exact) mass is 348 g/mol. The van der Waals surface area contributed by atoms with Crippen molar-refractivity contribution in [3.63, 3.8) is 0 Å². The van der Waals surface area contributed by atoms with E-state index in [2.05, 4.69) is 6.07 Å². The van der Waals surface area contributed by atoms with Gasteiger partial charge in [0.1, 0.15) is 6.29 Å². The normalized spacial score (nSPS) is 13.5. The third-order valence-corrected chi connectivity index (χ3v) is 5.10. The molecule has 5 heteroatoms. The zero-order valence-corrected chi connectivity index (χ0v) is 14.9. The lowest BCUT2D eigenvalue weighted by atomic mass is 9.93. The number of carbonyl (C=O) groups excluding carboxylic acids is 1. The first-order chi connectivity index (χ1) is 12.7. The predicted octanol–water partition coefficient (Wildman–Crippen LogP) is 3.26. The number of rotatable bonds is 5. The van der Waals surface area contributed by atoms with Crippen LogP contribution in [0.4, 0.5) is 0 Å². The minimum atomic E-state index is -0.316. The average molecular weight is 348 g/mol. The zero-order chi connectivity index (χ0) is 18.3. The Kier molecular flexibility index (Phi) is 4.17. The summed E-state index contributed by atoms with van der Waals surface area (Å²) in [6, 6.07) is 12.0. The van der Waals surface area contributed by atoms with E-state index < -0.39 is 0 Å². The van der Waals surface area contributed by atoms with Gasteiger partial charge in [-0.1, -0.05) is 25.1 Å². The second-order valence-electron chi connectivity index (χ2n) is 6.63. The van der Waals surface area contributed by atoms with Gasteiger partial charge in [0, 0.05) is 29.5 Å². The first-order valence-corrected chi connectivity index (χ1v) is 8.77. The molecule has 1 aliphatic heterocycles. The summed E-state index contributed by atoms with van der Waals surface area (Å²) in [5.41, 5.74) is 4.76. The first-order valence-electron chi connectivity index (χ1n) is 8.77. The number of ether oxygens (including phenoxy) is 1. The summed E-state index contributed by atoms with van der Waals surface area (Å²) >= 11 is 0. The van der Waals surface area contributed by atoms with Gasteiger partial charge in [-0.15, -0.1) is 0 Å². The van der Waals surface area contributed by atoms with Gasteiger partial charge >= 0.3 is 0 Å². The van der Waals surface area contributed by atoms with Crippen molar-refractivity contribution >= 4 is 17.2 Å². The van der Waals surface area contributed by atoms with Crippen LogP contribution in [0.5, 0.6) is 0 Å². The average Bonchev–Trinajstić information content (AvgIpc) is 3.01. The van der Waals surface area contributed by atoms with Crippen molar-refractivity contribution < 1.29 is 9.53 Å². The van der Waals surface area contributed by atoms with E-state index >= 15 is 0 Å². The van der Waals surface area contributed by atoms with Gasteiger partial charge in [-0.2, -0.15) is 0 Å². The quantitative estimate of drug-likeness (QED) is 0.519. The number of aldehydes is 1. The van der Waals surface area contributed by atoms with Gasteiger partial charge in [0.25, 0.3) is 5.56 Å². The summed E-state index contributed by atoms with van der Waals surface area (Å²) in [6.07, 6.45) is 1.55. The molecule has 0 saturated heterocycles. The molecule has 0 N–H and O–H groups in total. The third-order valence-electron chi connectivity index (χ3n) is 5.10. The summed E-state index contributed by atoms with van der Waals surface area (Å²) in [7, 11) is 1.56. The van der Waals surface area contributed by atoms with Crippen LogP contribution in [0.15, 0.2) is 41.2 Å². The summed E-state index contributed by atoms with van der Waals surface area (Å²) < 4.78 is 6.99. The molecule has 1 aromatic carbocycles. The maximum absolute atomic E-state index is 13.1. The second-order valence-corrected chi connectivity index (χ2v) is 6.63. The number of hydrogen-bond donors (Lipinski definition) is 0. The Bertz CT molecular complexity index is 1070. The van der Waals surface area contributed by atoms with Crippen molar-refractivity contribution in [2.45, 2.75) is 32.4 Å². The van der Waals surface area contributed by atoms with E-state index in [9.17, 15) is 9.59 Å². The Hall–Kier alpha value is -2.79. The lowest BCUT2D eigenvalue weighted by Crippen LogP contribution is -2.26. The molecule has 3 heterocycles. The molecule has 2 aromatic heterocycles. The lowest BCUT2D eigenvalue weighted by Gasteiger charge is -2.16. The predicted molar refractivity (Wildman–Crippen MR) is 100 cm³/mol. The molecule has 4 rings (SSSR count). The van der Waals surface area contributed by atoms with Crippen molar-refractivity contribution in [3.05, 3.63) is 63.4 Å². The number of hydrogen-bond acceptors (Lipinski definition) is 4. The van der Waals surface area contributed by atoms with Crippen LogP contribution in [-0.4, -0.2) is 22.9 Å². The molecule has 0 fully saturated rings. The van der Waals surface area contributed by atoms with Crippen LogP contribution in [0.3, 0.4) is 0 Å².